The van der Waals surface area contributed by atoms with E-state index in [0.29, 0.717) is 12.1 Å². The fourth-order valence-corrected chi connectivity index (χ4v) is 4.04. The van der Waals surface area contributed by atoms with E-state index in [1.165, 1.54) is 11.8 Å². The van der Waals surface area contributed by atoms with E-state index < -0.39 is 0 Å². The van der Waals surface area contributed by atoms with Crippen LogP contribution in [0, 0.1) is 0 Å². The molecule has 0 bridgehead atoms. The number of nitrogens with one attached hydrogen (secondary N) is 2. The molecule has 0 spiro atoms. The molecule has 0 aliphatic heterocycles. The van der Waals surface area contributed by atoms with Crippen molar-refractivity contribution in [2.24, 2.45) is 0 Å². The van der Waals surface area contributed by atoms with E-state index in [2.05, 4.69) is 26.7 Å². The summed E-state index contributed by atoms with van der Waals surface area (Å²) in [6.07, 6.45) is 3.94. The molecule has 0 amide bonds. The zero-order valence-electron chi connectivity index (χ0n) is 14.4. The minimum atomic E-state index is -0.259. The molecule has 0 saturated heterocycles. The van der Waals surface area contributed by atoms with E-state index in [9.17, 15) is 4.79 Å². The molecule has 134 valence electrons. The first-order valence-corrected chi connectivity index (χ1v) is 9.42. The molecule has 7 heteroatoms. The van der Waals surface area contributed by atoms with Crippen LogP contribution in [0.1, 0.15) is 18.4 Å². The predicted octanol–water partition coefficient (Wildman–Crippen LogP) is 3.46. The molecule has 3 aromatic rings. The lowest BCUT2D eigenvalue weighted by Gasteiger charge is -2.36. The van der Waals surface area contributed by atoms with Gasteiger partial charge in [0.05, 0.1) is 23.7 Å². The molecule has 1 saturated carbocycles. The molecule has 1 aromatic carbocycles. The second-order valence-corrected chi connectivity index (χ2v) is 7.44. The average Bonchev–Trinajstić information content (AvgIpc) is 3.03. The SMILES string of the molecule is COC(=O)Cc1cccnc1N[C@H]1C[C@H](Nc2nc3ccccc3s2)C1. The summed E-state index contributed by atoms with van der Waals surface area (Å²) < 4.78 is 5.95. The van der Waals surface area contributed by atoms with Crippen LogP contribution in [0.3, 0.4) is 0 Å². The topological polar surface area (TPSA) is 76.1 Å². The van der Waals surface area contributed by atoms with Crippen LogP contribution in [-0.2, 0) is 16.0 Å². The second kappa shape index (κ2) is 7.29. The van der Waals surface area contributed by atoms with Crippen LogP contribution in [0.2, 0.25) is 0 Å². The maximum Gasteiger partial charge on any atom is 0.310 e. The monoisotopic (exact) mass is 368 g/mol. The smallest absolute Gasteiger partial charge is 0.310 e. The van der Waals surface area contributed by atoms with Gasteiger partial charge in [-0.3, -0.25) is 4.79 Å². The van der Waals surface area contributed by atoms with Crippen LogP contribution >= 0.6 is 11.3 Å². The molecular formula is C19H20N4O2S. The zero-order chi connectivity index (χ0) is 17.9. The Labute approximate surface area is 155 Å². The third-order valence-electron chi connectivity index (χ3n) is 4.55. The number of benzene rings is 1. The number of anilines is 2. The van der Waals surface area contributed by atoms with Crippen molar-refractivity contribution in [3.8, 4) is 0 Å². The van der Waals surface area contributed by atoms with Crippen LogP contribution in [-0.4, -0.2) is 35.1 Å². The number of carbonyl (C=O) groups excluding carboxylic acids is 1. The number of para-hydroxylation sites is 1. The first kappa shape index (κ1) is 16.8. The minimum absolute atomic E-state index is 0.229. The highest BCUT2D eigenvalue weighted by Crippen LogP contribution is 2.31. The predicted molar refractivity (Wildman–Crippen MR) is 104 cm³/mol. The Bertz CT molecular complexity index is 888. The van der Waals surface area contributed by atoms with Gasteiger partial charge in [0.15, 0.2) is 5.13 Å². The van der Waals surface area contributed by atoms with E-state index in [4.69, 9.17) is 4.74 Å². The van der Waals surface area contributed by atoms with Gasteiger partial charge in [-0.15, -0.1) is 0 Å². The van der Waals surface area contributed by atoms with E-state index in [-0.39, 0.29) is 12.4 Å². The van der Waals surface area contributed by atoms with E-state index in [0.717, 1.165) is 34.9 Å². The highest BCUT2D eigenvalue weighted by Gasteiger charge is 2.30. The number of rotatable bonds is 6. The first-order chi connectivity index (χ1) is 12.7. The van der Waals surface area contributed by atoms with Gasteiger partial charge in [0.25, 0.3) is 0 Å². The lowest BCUT2D eigenvalue weighted by molar-refractivity contribution is -0.139. The van der Waals surface area contributed by atoms with Crippen molar-refractivity contribution < 1.29 is 9.53 Å². The van der Waals surface area contributed by atoms with Gasteiger partial charge in [0.1, 0.15) is 5.82 Å². The molecule has 4 rings (SSSR count). The Morgan fingerprint density at radius 1 is 1.19 bits per heavy atom. The Morgan fingerprint density at radius 3 is 2.81 bits per heavy atom. The fourth-order valence-electron chi connectivity index (χ4n) is 3.09. The number of thiazole rings is 1. The number of pyridine rings is 1. The molecule has 6 nitrogen and oxygen atoms in total. The van der Waals surface area contributed by atoms with Gasteiger partial charge in [-0.05, 0) is 31.0 Å². The van der Waals surface area contributed by atoms with Crippen molar-refractivity contribution >= 4 is 38.5 Å². The average molecular weight is 368 g/mol. The van der Waals surface area contributed by atoms with Crippen LogP contribution in [0.25, 0.3) is 10.2 Å². The van der Waals surface area contributed by atoms with E-state index >= 15 is 0 Å². The number of carbonyl (C=O) groups is 1. The van der Waals surface area contributed by atoms with Gasteiger partial charge < -0.3 is 15.4 Å². The molecule has 0 unspecified atom stereocenters. The highest BCUT2D eigenvalue weighted by molar-refractivity contribution is 7.22. The van der Waals surface area contributed by atoms with Gasteiger partial charge in [-0.2, -0.15) is 0 Å². The summed E-state index contributed by atoms with van der Waals surface area (Å²) in [5.41, 5.74) is 1.90. The summed E-state index contributed by atoms with van der Waals surface area (Å²) in [6.45, 7) is 0. The molecule has 26 heavy (non-hydrogen) atoms. The third kappa shape index (κ3) is 3.62. The van der Waals surface area contributed by atoms with Crippen LogP contribution in [0.15, 0.2) is 42.6 Å². The molecule has 1 aliphatic carbocycles. The first-order valence-electron chi connectivity index (χ1n) is 8.60. The Morgan fingerprint density at radius 2 is 2.00 bits per heavy atom. The van der Waals surface area contributed by atoms with Crippen molar-refractivity contribution in [1.82, 2.24) is 9.97 Å². The highest BCUT2D eigenvalue weighted by atomic mass is 32.1. The molecule has 0 atom stereocenters. The van der Waals surface area contributed by atoms with Gasteiger partial charge in [0.2, 0.25) is 0 Å². The molecule has 2 N–H and O–H groups in total. The number of hydrogen-bond donors (Lipinski definition) is 2. The van der Waals surface area contributed by atoms with Crippen LogP contribution < -0.4 is 10.6 Å². The van der Waals surface area contributed by atoms with Crippen LogP contribution in [0.5, 0.6) is 0 Å². The van der Waals surface area contributed by atoms with Gasteiger partial charge in [0, 0.05) is 23.8 Å². The van der Waals surface area contributed by atoms with Crippen LogP contribution in [0.4, 0.5) is 10.9 Å². The number of esters is 1. The normalized spacial score (nSPS) is 19.0. The third-order valence-corrected chi connectivity index (χ3v) is 5.52. The maximum absolute atomic E-state index is 11.5. The number of hydrogen-bond acceptors (Lipinski definition) is 7. The van der Waals surface area contributed by atoms with Crippen molar-refractivity contribution in [1.29, 1.82) is 0 Å². The van der Waals surface area contributed by atoms with E-state index in [1.54, 1.807) is 17.5 Å². The summed E-state index contributed by atoms with van der Waals surface area (Å²) in [5.74, 6) is 0.506. The summed E-state index contributed by atoms with van der Waals surface area (Å²) in [6, 6.07) is 12.7. The number of fused-ring (bicyclic) bond motifs is 1. The fraction of sp³-hybridized carbons (Fsp3) is 0.316. The van der Waals surface area contributed by atoms with Gasteiger partial charge in [-0.1, -0.05) is 29.5 Å². The van der Waals surface area contributed by atoms with Crippen molar-refractivity contribution in [2.75, 3.05) is 17.7 Å². The van der Waals surface area contributed by atoms with Gasteiger partial charge >= 0.3 is 5.97 Å². The number of ether oxygens (including phenoxy) is 1. The summed E-state index contributed by atoms with van der Waals surface area (Å²) in [5, 5.41) is 7.93. The van der Waals surface area contributed by atoms with Crippen molar-refractivity contribution in [3.63, 3.8) is 0 Å². The number of aromatic nitrogens is 2. The van der Waals surface area contributed by atoms with Crippen molar-refractivity contribution in [3.05, 3.63) is 48.2 Å². The lowest BCUT2D eigenvalue weighted by atomic mass is 9.87. The summed E-state index contributed by atoms with van der Waals surface area (Å²) in [7, 11) is 1.40. The number of methoxy groups -OCH3 is 1. The molecule has 1 aliphatic rings. The molecular weight excluding hydrogens is 348 g/mol. The summed E-state index contributed by atoms with van der Waals surface area (Å²) >= 11 is 1.69. The molecule has 2 aromatic heterocycles. The standard InChI is InChI=1S/C19H20N4O2S/c1-25-17(24)9-12-5-4-8-20-18(12)21-13-10-14(11-13)22-19-23-15-6-2-3-7-16(15)26-19/h2-8,13-14H,9-11H2,1H3,(H,20,21)(H,22,23)/t13-,14-. The molecule has 1 fully saturated rings. The Kier molecular flexibility index (Phi) is 4.71. The Hall–Kier alpha value is -2.67. The lowest BCUT2D eigenvalue weighted by Crippen LogP contribution is -2.44. The second-order valence-electron chi connectivity index (χ2n) is 6.40. The Balaban J connectivity index is 1.33. The quantitative estimate of drug-likeness (QED) is 0.649. The molecule has 2 heterocycles. The van der Waals surface area contributed by atoms with Gasteiger partial charge in [-0.25, -0.2) is 9.97 Å². The summed E-state index contributed by atoms with van der Waals surface area (Å²) in [4.78, 5) is 20.5. The minimum Gasteiger partial charge on any atom is -0.469 e. The number of nitrogens with zero attached hydrogens (tertiary/aromatic N) is 2. The van der Waals surface area contributed by atoms with Crippen molar-refractivity contribution in [2.45, 2.75) is 31.3 Å². The largest absolute Gasteiger partial charge is 0.469 e. The maximum atomic E-state index is 11.5. The van der Waals surface area contributed by atoms with E-state index in [1.807, 2.05) is 30.3 Å². The zero-order valence-corrected chi connectivity index (χ0v) is 15.3. The molecule has 0 radical (unpaired) electrons.